The molecule has 10 heteroatoms. The molecule has 0 spiro atoms. The highest BCUT2D eigenvalue weighted by Crippen LogP contribution is 2.22. The van der Waals surface area contributed by atoms with E-state index >= 15 is 0 Å². The van der Waals surface area contributed by atoms with E-state index in [1.807, 2.05) is 0 Å². The van der Waals surface area contributed by atoms with Gasteiger partial charge in [-0.1, -0.05) is 11.3 Å². The normalized spacial score (nSPS) is 13.9. The minimum Gasteiger partial charge on any atom is -0.231 e. The molecule has 0 aliphatic carbocycles. The molecule has 1 heterocycles. The van der Waals surface area contributed by atoms with Crippen LogP contribution in [0.5, 0.6) is 0 Å². The van der Waals surface area contributed by atoms with Crippen LogP contribution in [0.1, 0.15) is 20.8 Å². The SMILES string of the molecule is CC(C)(C)NS(=O)(=O)c1ncc(S(N)(=O)=O)s1. The van der Waals surface area contributed by atoms with Crippen molar-refractivity contribution in [3.8, 4) is 0 Å². The zero-order valence-electron chi connectivity index (χ0n) is 9.46. The summed E-state index contributed by atoms with van der Waals surface area (Å²) in [6, 6.07) is 0. The maximum Gasteiger partial charge on any atom is 0.268 e. The standard InChI is InChI=1S/C7H13N3O4S3/c1-7(2,3)10-17(13,14)6-9-4-5(15-6)16(8,11)12/h4,10H,1-3H3,(H2,8,11,12). The smallest absolute Gasteiger partial charge is 0.231 e. The number of hydrogen-bond donors (Lipinski definition) is 2. The van der Waals surface area contributed by atoms with Gasteiger partial charge in [-0.25, -0.2) is 31.7 Å². The first-order valence-corrected chi connectivity index (χ1v) is 8.29. The number of thiazole rings is 1. The van der Waals surface area contributed by atoms with Gasteiger partial charge in [-0.05, 0) is 20.8 Å². The van der Waals surface area contributed by atoms with E-state index in [1.165, 1.54) is 0 Å². The molecule has 0 saturated heterocycles. The first-order chi connectivity index (χ1) is 7.42. The Morgan fingerprint density at radius 2 is 1.82 bits per heavy atom. The summed E-state index contributed by atoms with van der Waals surface area (Å²) in [7, 11) is -7.74. The minimum absolute atomic E-state index is 0.285. The van der Waals surface area contributed by atoms with Crippen LogP contribution in [0, 0.1) is 0 Å². The number of nitrogens with two attached hydrogens (primary N) is 1. The Hall–Kier alpha value is -0.550. The van der Waals surface area contributed by atoms with Gasteiger partial charge in [0.05, 0.1) is 6.20 Å². The van der Waals surface area contributed by atoms with Gasteiger partial charge in [-0.2, -0.15) is 0 Å². The van der Waals surface area contributed by atoms with Gasteiger partial charge in [0.2, 0.25) is 14.4 Å². The summed E-state index contributed by atoms with van der Waals surface area (Å²) in [5.41, 5.74) is -0.674. The lowest BCUT2D eigenvalue weighted by molar-refractivity contribution is 0.491. The fraction of sp³-hybridized carbons (Fsp3) is 0.571. The molecule has 0 radical (unpaired) electrons. The molecule has 98 valence electrons. The van der Waals surface area contributed by atoms with Crippen LogP contribution in [0.4, 0.5) is 0 Å². The molecule has 1 rings (SSSR count). The molecule has 1 aromatic heterocycles. The molecule has 0 amide bonds. The van der Waals surface area contributed by atoms with E-state index in [-0.39, 0.29) is 8.55 Å². The Kier molecular flexibility index (Phi) is 3.65. The molecule has 1 aromatic rings. The summed E-state index contributed by atoms with van der Waals surface area (Å²) < 4.78 is 47.3. The Morgan fingerprint density at radius 1 is 1.29 bits per heavy atom. The molecule has 17 heavy (non-hydrogen) atoms. The van der Waals surface area contributed by atoms with Crippen LogP contribution < -0.4 is 9.86 Å². The first kappa shape index (κ1) is 14.5. The second kappa shape index (κ2) is 4.28. The van der Waals surface area contributed by atoms with Crippen molar-refractivity contribution < 1.29 is 16.8 Å². The molecular formula is C7H13N3O4S3. The number of hydrogen-bond acceptors (Lipinski definition) is 6. The largest absolute Gasteiger partial charge is 0.268 e. The minimum atomic E-state index is -3.92. The molecule has 0 atom stereocenters. The number of primary sulfonamides is 1. The molecule has 0 saturated carbocycles. The van der Waals surface area contributed by atoms with Crippen molar-refractivity contribution in [1.82, 2.24) is 9.71 Å². The van der Waals surface area contributed by atoms with Gasteiger partial charge in [-0.15, -0.1) is 0 Å². The van der Waals surface area contributed by atoms with E-state index in [1.54, 1.807) is 20.8 Å². The van der Waals surface area contributed by atoms with Gasteiger partial charge in [0, 0.05) is 5.54 Å². The molecule has 7 nitrogen and oxygen atoms in total. The predicted molar refractivity (Wildman–Crippen MR) is 63.6 cm³/mol. The highest BCUT2D eigenvalue weighted by Gasteiger charge is 2.26. The molecule has 0 aliphatic heterocycles. The zero-order valence-corrected chi connectivity index (χ0v) is 11.9. The number of aromatic nitrogens is 1. The topological polar surface area (TPSA) is 119 Å². The number of nitrogens with one attached hydrogen (secondary N) is 1. The molecular weight excluding hydrogens is 286 g/mol. The van der Waals surface area contributed by atoms with E-state index in [9.17, 15) is 16.8 Å². The summed E-state index contributed by atoms with van der Waals surface area (Å²) in [5.74, 6) is 0. The average molecular weight is 299 g/mol. The van der Waals surface area contributed by atoms with Gasteiger partial charge < -0.3 is 0 Å². The van der Waals surface area contributed by atoms with Crippen LogP contribution in [0.25, 0.3) is 0 Å². The fourth-order valence-electron chi connectivity index (χ4n) is 0.947. The average Bonchev–Trinajstić information content (AvgIpc) is 2.44. The first-order valence-electron chi connectivity index (χ1n) is 4.44. The summed E-state index contributed by atoms with van der Waals surface area (Å²) in [4.78, 5) is 3.55. The van der Waals surface area contributed by atoms with Crippen molar-refractivity contribution in [2.24, 2.45) is 5.14 Å². The van der Waals surface area contributed by atoms with Crippen LogP contribution in [-0.2, 0) is 20.0 Å². The van der Waals surface area contributed by atoms with Crippen molar-refractivity contribution in [1.29, 1.82) is 0 Å². The molecule has 0 aliphatic rings. The van der Waals surface area contributed by atoms with E-state index in [2.05, 4.69) is 9.71 Å². The van der Waals surface area contributed by atoms with Gasteiger partial charge in [0.1, 0.15) is 0 Å². The molecule has 3 N–H and O–H groups in total. The van der Waals surface area contributed by atoms with Crippen LogP contribution in [0.3, 0.4) is 0 Å². The number of sulfonamides is 2. The third-order valence-corrected chi connectivity index (χ3v) is 5.97. The fourth-order valence-corrected chi connectivity index (χ4v) is 4.31. The molecule has 0 fully saturated rings. The Balaban J connectivity index is 3.15. The van der Waals surface area contributed by atoms with Gasteiger partial charge in [0.25, 0.3) is 10.0 Å². The summed E-state index contributed by atoms with van der Waals surface area (Å²) in [6.45, 7) is 5.00. The second-order valence-corrected chi connectivity index (χ2v) is 9.02. The maximum absolute atomic E-state index is 11.8. The van der Waals surface area contributed by atoms with Crippen molar-refractivity contribution in [2.75, 3.05) is 0 Å². The highest BCUT2D eigenvalue weighted by molar-refractivity contribution is 7.94. The number of nitrogens with zero attached hydrogens (tertiary/aromatic N) is 1. The lowest BCUT2D eigenvalue weighted by atomic mass is 10.1. The highest BCUT2D eigenvalue weighted by atomic mass is 32.3. The molecule has 0 unspecified atom stereocenters. The second-order valence-electron chi connectivity index (χ2n) is 4.35. The quantitative estimate of drug-likeness (QED) is 0.805. The van der Waals surface area contributed by atoms with Crippen LogP contribution in [0.15, 0.2) is 14.7 Å². The molecule has 0 bridgehead atoms. The van der Waals surface area contributed by atoms with Crippen molar-refractivity contribution in [3.63, 3.8) is 0 Å². The predicted octanol–water partition coefficient (Wildman–Crippen LogP) is -0.133. The number of rotatable bonds is 3. The van der Waals surface area contributed by atoms with E-state index in [4.69, 9.17) is 5.14 Å². The monoisotopic (exact) mass is 299 g/mol. The summed E-state index contributed by atoms with van der Waals surface area (Å²) in [6.07, 6.45) is 0.928. The van der Waals surface area contributed by atoms with Crippen molar-refractivity contribution in [2.45, 2.75) is 34.9 Å². The van der Waals surface area contributed by atoms with Gasteiger partial charge in [0.15, 0.2) is 4.21 Å². The maximum atomic E-state index is 11.8. The summed E-state index contributed by atoms with van der Waals surface area (Å²) in [5, 5.41) is 4.87. The van der Waals surface area contributed by atoms with Crippen LogP contribution in [-0.4, -0.2) is 27.4 Å². The third kappa shape index (κ3) is 4.00. The van der Waals surface area contributed by atoms with Crippen LogP contribution in [0.2, 0.25) is 0 Å². The summed E-state index contributed by atoms with van der Waals surface area (Å²) >= 11 is 0.513. The van der Waals surface area contributed by atoms with E-state index < -0.39 is 25.6 Å². The lowest BCUT2D eigenvalue weighted by Crippen LogP contribution is -2.40. The molecule has 0 aromatic carbocycles. The third-order valence-electron chi connectivity index (χ3n) is 1.41. The van der Waals surface area contributed by atoms with Gasteiger partial charge >= 0.3 is 0 Å². The zero-order chi connectivity index (χ0) is 13.5. The Bertz CT molecular complexity index is 609. The Morgan fingerprint density at radius 3 is 2.18 bits per heavy atom. The van der Waals surface area contributed by atoms with E-state index in [0.29, 0.717) is 11.3 Å². The van der Waals surface area contributed by atoms with Crippen molar-refractivity contribution >= 4 is 31.4 Å². The van der Waals surface area contributed by atoms with E-state index in [0.717, 1.165) is 6.20 Å². The Labute approximate surface area is 104 Å². The van der Waals surface area contributed by atoms with Crippen LogP contribution >= 0.6 is 11.3 Å². The van der Waals surface area contributed by atoms with Gasteiger partial charge in [-0.3, -0.25) is 0 Å². The lowest BCUT2D eigenvalue weighted by Gasteiger charge is -2.18. The van der Waals surface area contributed by atoms with Crippen molar-refractivity contribution in [3.05, 3.63) is 6.20 Å².